The average molecular weight is 219 g/mol. The molecule has 0 bridgehead atoms. The average Bonchev–Trinajstić information content (AvgIpc) is 2.76. The third-order valence-corrected chi connectivity index (χ3v) is 2.46. The molecule has 0 atom stereocenters. The van der Waals surface area contributed by atoms with E-state index in [1.54, 1.807) is 25.5 Å². The lowest BCUT2D eigenvalue weighted by molar-refractivity contribution is 0.560. The molecule has 1 N–H and O–H groups in total. The zero-order valence-corrected chi connectivity index (χ0v) is 9.16. The third kappa shape index (κ3) is 2.70. The summed E-state index contributed by atoms with van der Waals surface area (Å²) in [5, 5.41) is 3.27. The van der Waals surface area contributed by atoms with Crippen LogP contribution in [0.1, 0.15) is 16.7 Å². The van der Waals surface area contributed by atoms with Crippen LogP contribution >= 0.6 is 0 Å². The van der Waals surface area contributed by atoms with Gasteiger partial charge < -0.3 is 9.73 Å². The van der Waals surface area contributed by atoms with Gasteiger partial charge in [-0.1, -0.05) is 12.1 Å². The minimum absolute atomic E-state index is 0.154. The molecular formula is C13H14FNO. The molecule has 84 valence electrons. The molecule has 0 unspecified atom stereocenters. The number of hydrogen-bond donors (Lipinski definition) is 1. The van der Waals surface area contributed by atoms with Crippen molar-refractivity contribution >= 4 is 0 Å². The molecule has 2 aromatic rings. The zero-order chi connectivity index (χ0) is 11.4. The summed E-state index contributed by atoms with van der Waals surface area (Å²) in [5.74, 6) is -0.154. The number of hydrogen-bond acceptors (Lipinski definition) is 2. The summed E-state index contributed by atoms with van der Waals surface area (Å²) in [6.07, 6.45) is 3.36. The first kappa shape index (κ1) is 10.9. The molecule has 0 saturated carbocycles. The second-order valence-electron chi connectivity index (χ2n) is 3.82. The molecule has 0 saturated heterocycles. The standard InChI is InChI=1S/C13H14FNO/c1-10-6-11(2-3-13(10)14)7-15-8-12-4-5-16-9-12/h2-6,9,15H,7-8H2,1H3. The van der Waals surface area contributed by atoms with Crippen LogP contribution in [-0.2, 0) is 13.1 Å². The van der Waals surface area contributed by atoms with Crippen LogP contribution in [0.2, 0.25) is 0 Å². The molecule has 0 spiro atoms. The van der Waals surface area contributed by atoms with Crippen molar-refractivity contribution in [2.24, 2.45) is 0 Å². The van der Waals surface area contributed by atoms with Gasteiger partial charge in [0.2, 0.25) is 0 Å². The molecule has 16 heavy (non-hydrogen) atoms. The Balaban J connectivity index is 1.87. The normalized spacial score (nSPS) is 10.6. The highest BCUT2D eigenvalue weighted by molar-refractivity contribution is 5.23. The molecule has 2 rings (SSSR count). The van der Waals surface area contributed by atoms with Crippen LogP contribution in [0.25, 0.3) is 0 Å². The van der Waals surface area contributed by atoms with Gasteiger partial charge >= 0.3 is 0 Å². The predicted octanol–water partition coefficient (Wildman–Crippen LogP) is 3.02. The summed E-state index contributed by atoms with van der Waals surface area (Å²) in [6.45, 7) is 3.26. The maximum atomic E-state index is 13.0. The molecule has 0 fully saturated rings. The number of aryl methyl sites for hydroxylation is 1. The van der Waals surface area contributed by atoms with Crippen LogP contribution < -0.4 is 5.32 Å². The smallest absolute Gasteiger partial charge is 0.126 e. The Labute approximate surface area is 94.1 Å². The number of halogens is 1. The summed E-state index contributed by atoms with van der Waals surface area (Å²) in [4.78, 5) is 0. The number of rotatable bonds is 4. The van der Waals surface area contributed by atoms with Gasteiger partial charge in [-0.3, -0.25) is 0 Å². The maximum Gasteiger partial charge on any atom is 0.126 e. The molecular weight excluding hydrogens is 205 g/mol. The molecule has 2 nitrogen and oxygen atoms in total. The number of nitrogens with one attached hydrogen (secondary N) is 1. The Morgan fingerprint density at radius 3 is 2.69 bits per heavy atom. The molecule has 0 aliphatic rings. The summed E-state index contributed by atoms with van der Waals surface area (Å²) >= 11 is 0. The van der Waals surface area contributed by atoms with Gasteiger partial charge in [-0.2, -0.15) is 0 Å². The van der Waals surface area contributed by atoms with E-state index in [-0.39, 0.29) is 5.82 Å². The molecule has 0 amide bonds. The van der Waals surface area contributed by atoms with Crippen LogP contribution in [0.3, 0.4) is 0 Å². The van der Waals surface area contributed by atoms with Gasteiger partial charge in [0.05, 0.1) is 12.5 Å². The molecule has 1 aromatic carbocycles. The van der Waals surface area contributed by atoms with Crippen LogP contribution in [0, 0.1) is 12.7 Å². The van der Waals surface area contributed by atoms with Gasteiger partial charge in [0, 0.05) is 18.7 Å². The van der Waals surface area contributed by atoms with Crippen LogP contribution in [0.5, 0.6) is 0 Å². The van der Waals surface area contributed by atoms with Gasteiger partial charge in [-0.05, 0) is 30.2 Å². The number of benzene rings is 1. The fourth-order valence-corrected chi connectivity index (χ4v) is 1.56. The molecule has 0 aliphatic carbocycles. The van der Waals surface area contributed by atoms with Gasteiger partial charge in [0.25, 0.3) is 0 Å². The van der Waals surface area contributed by atoms with Crippen molar-refractivity contribution in [1.82, 2.24) is 5.32 Å². The molecule has 1 aromatic heterocycles. The van der Waals surface area contributed by atoms with Crippen molar-refractivity contribution in [3.63, 3.8) is 0 Å². The Hall–Kier alpha value is -1.61. The fourth-order valence-electron chi connectivity index (χ4n) is 1.56. The first-order valence-corrected chi connectivity index (χ1v) is 5.22. The Bertz CT molecular complexity index is 451. The van der Waals surface area contributed by atoms with E-state index < -0.39 is 0 Å². The first-order valence-electron chi connectivity index (χ1n) is 5.22. The predicted molar refractivity (Wildman–Crippen MR) is 60.4 cm³/mol. The van der Waals surface area contributed by atoms with Crippen molar-refractivity contribution in [2.75, 3.05) is 0 Å². The zero-order valence-electron chi connectivity index (χ0n) is 9.16. The minimum atomic E-state index is -0.154. The third-order valence-electron chi connectivity index (χ3n) is 2.46. The lowest BCUT2D eigenvalue weighted by Gasteiger charge is -2.05. The Morgan fingerprint density at radius 2 is 2.00 bits per heavy atom. The lowest BCUT2D eigenvalue weighted by Crippen LogP contribution is -2.12. The quantitative estimate of drug-likeness (QED) is 0.855. The van der Waals surface area contributed by atoms with Crippen molar-refractivity contribution in [3.05, 3.63) is 59.3 Å². The molecule has 1 heterocycles. The van der Waals surface area contributed by atoms with Gasteiger partial charge in [0.1, 0.15) is 5.82 Å². The van der Waals surface area contributed by atoms with E-state index in [4.69, 9.17) is 4.42 Å². The second-order valence-corrected chi connectivity index (χ2v) is 3.82. The van der Waals surface area contributed by atoms with E-state index in [0.29, 0.717) is 5.56 Å². The van der Waals surface area contributed by atoms with Crippen molar-refractivity contribution < 1.29 is 8.81 Å². The Morgan fingerprint density at radius 1 is 1.19 bits per heavy atom. The van der Waals surface area contributed by atoms with Gasteiger partial charge in [-0.15, -0.1) is 0 Å². The minimum Gasteiger partial charge on any atom is -0.472 e. The first-order chi connectivity index (χ1) is 7.75. The monoisotopic (exact) mass is 219 g/mol. The largest absolute Gasteiger partial charge is 0.472 e. The SMILES string of the molecule is Cc1cc(CNCc2ccoc2)ccc1F. The Kier molecular flexibility index (Phi) is 3.37. The second kappa shape index (κ2) is 4.94. The highest BCUT2D eigenvalue weighted by atomic mass is 19.1. The van der Waals surface area contributed by atoms with Gasteiger partial charge in [-0.25, -0.2) is 4.39 Å². The molecule has 3 heteroatoms. The summed E-state index contributed by atoms with van der Waals surface area (Å²) in [7, 11) is 0. The van der Waals surface area contributed by atoms with Crippen LogP contribution in [0.15, 0.2) is 41.2 Å². The fraction of sp³-hybridized carbons (Fsp3) is 0.231. The van der Waals surface area contributed by atoms with E-state index in [1.807, 2.05) is 12.1 Å². The lowest BCUT2D eigenvalue weighted by atomic mass is 10.1. The van der Waals surface area contributed by atoms with Crippen LogP contribution in [-0.4, -0.2) is 0 Å². The number of furan rings is 1. The topological polar surface area (TPSA) is 25.2 Å². The highest BCUT2D eigenvalue weighted by Gasteiger charge is 1.99. The van der Waals surface area contributed by atoms with Crippen molar-refractivity contribution in [1.29, 1.82) is 0 Å². The van der Waals surface area contributed by atoms with E-state index >= 15 is 0 Å². The van der Waals surface area contributed by atoms with E-state index in [2.05, 4.69) is 5.32 Å². The summed E-state index contributed by atoms with van der Waals surface area (Å²) in [5.41, 5.74) is 2.88. The van der Waals surface area contributed by atoms with Crippen molar-refractivity contribution in [2.45, 2.75) is 20.0 Å². The molecule has 0 aliphatic heterocycles. The van der Waals surface area contributed by atoms with E-state index in [9.17, 15) is 4.39 Å². The maximum absolute atomic E-state index is 13.0. The van der Waals surface area contributed by atoms with E-state index in [0.717, 1.165) is 24.2 Å². The van der Waals surface area contributed by atoms with Crippen LogP contribution in [0.4, 0.5) is 4.39 Å². The van der Waals surface area contributed by atoms with E-state index in [1.165, 1.54) is 6.07 Å². The summed E-state index contributed by atoms with van der Waals surface area (Å²) < 4.78 is 18.0. The highest BCUT2D eigenvalue weighted by Crippen LogP contribution is 2.09. The van der Waals surface area contributed by atoms with Crippen molar-refractivity contribution in [3.8, 4) is 0 Å². The summed E-state index contributed by atoms with van der Waals surface area (Å²) in [6, 6.07) is 7.08. The van der Waals surface area contributed by atoms with Gasteiger partial charge in [0.15, 0.2) is 0 Å². The molecule has 0 radical (unpaired) electrons.